The Bertz CT molecular complexity index is 311. The highest BCUT2D eigenvalue weighted by atomic mass is 19.4. The zero-order chi connectivity index (χ0) is 10.1. The highest BCUT2D eigenvalue weighted by Crippen LogP contribution is 2.31. The average Bonchev–Trinajstić information content (AvgIpc) is 2.02. The van der Waals surface area contributed by atoms with Crippen LogP contribution in [0.1, 0.15) is 11.3 Å². The summed E-state index contributed by atoms with van der Waals surface area (Å²) >= 11 is 0. The van der Waals surface area contributed by atoms with Crippen molar-refractivity contribution >= 4 is 0 Å². The molecule has 2 N–H and O–H groups in total. The first-order valence-corrected chi connectivity index (χ1v) is 3.31. The molecule has 0 spiro atoms. The van der Waals surface area contributed by atoms with E-state index in [9.17, 15) is 13.2 Å². The van der Waals surface area contributed by atoms with Gasteiger partial charge in [0.15, 0.2) is 0 Å². The van der Waals surface area contributed by atoms with Crippen LogP contribution >= 0.6 is 0 Å². The van der Waals surface area contributed by atoms with Gasteiger partial charge < -0.3 is 10.2 Å². The number of nitrogens with zero attached hydrogens (tertiary/aromatic N) is 1. The van der Waals surface area contributed by atoms with Crippen LogP contribution in [0.25, 0.3) is 0 Å². The Morgan fingerprint density at radius 1 is 1.38 bits per heavy atom. The van der Waals surface area contributed by atoms with E-state index in [1.807, 2.05) is 0 Å². The van der Waals surface area contributed by atoms with Gasteiger partial charge in [-0.25, -0.2) is 0 Å². The van der Waals surface area contributed by atoms with Crippen molar-refractivity contribution in [1.82, 2.24) is 4.98 Å². The lowest BCUT2D eigenvalue weighted by Crippen LogP contribution is -2.06. The van der Waals surface area contributed by atoms with Gasteiger partial charge in [-0.2, -0.15) is 13.2 Å². The molecule has 0 aliphatic carbocycles. The zero-order valence-corrected chi connectivity index (χ0v) is 6.34. The molecule has 3 nitrogen and oxygen atoms in total. The summed E-state index contributed by atoms with van der Waals surface area (Å²) in [6, 6.07) is 0.526. The van der Waals surface area contributed by atoms with E-state index in [-0.39, 0.29) is 5.69 Å². The summed E-state index contributed by atoms with van der Waals surface area (Å²) in [7, 11) is 0. The molecular weight excluding hydrogens is 187 g/mol. The maximum Gasteiger partial charge on any atom is 0.418 e. The Hall–Kier alpha value is -1.30. The highest BCUT2D eigenvalue weighted by Gasteiger charge is 2.31. The number of pyridine rings is 1. The van der Waals surface area contributed by atoms with E-state index >= 15 is 0 Å². The van der Waals surface area contributed by atoms with E-state index in [0.717, 1.165) is 0 Å². The van der Waals surface area contributed by atoms with Crippen LogP contribution in [-0.4, -0.2) is 15.2 Å². The Kier molecular flexibility index (Phi) is 2.42. The van der Waals surface area contributed by atoms with Gasteiger partial charge in [-0.1, -0.05) is 0 Å². The molecule has 1 rings (SSSR count). The standard InChI is InChI=1S/C7H6F3NO2/c8-7(9,10)4-1-6(13)5(3-12)11-2-4/h1-2,12-13H,3H2. The zero-order valence-electron chi connectivity index (χ0n) is 6.34. The van der Waals surface area contributed by atoms with E-state index < -0.39 is 24.1 Å². The monoisotopic (exact) mass is 193 g/mol. The number of aliphatic hydroxyl groups is 1. The fraction of sp³-hybridized carbons (Fsp3) is 0.286. The molecule has 0 radical (unpaired) electrons. The summed E-state index contributed by atoms with van der Waals surface area (Å²) in [6.07, 6.45) is -3.97. The van der Waals surface area contributed by atoms with Gasteiger partial charge >= 0.3 is 6.18 Å². The number of aliphatic hydroxyl groups excluding tert-OH is 1. The van der Waals surface area contributed by atoms with E-state index in [4.69, 9.17) is 10.2 Å². The largest absolute Gasteiger partial charge is 0.506 e. The number of aromatic hydroxyl groups is 1. The summed E-state index contributed by atoms with van der Waals surface area (Å²) in [5.41, 5.74) is -1.21. The van der Waals surface area contributed by atoms with Gasteiger partial charge in [-0.05, 0) is 6.07 Å². The van der Waals surface area contributed by atoms with Gasteiger partial charge in [-0.15, -0.1) is 0 Å². The van der Waals surface area contributed by atoms with Crippen LogP contribution < -0.4 is 0 Å². The molecule has 1 aromatic heterocycles. The smallest absolute Gasteiger partial charge is 0.418 e. The number of alkyl halides is 3. The summed E-state index contributed by atoms with van der Waals surface area (Å²) in [6.45, 7) is -0.593. The lowest BCUT2D eigenvalue weighted by atomic mass is 10.2. The van der Waals surface area contributed by atoms with Crippen molar-refractivity contribution in [3.8, 4) is 5.75 Å². The lowest BCUT2D eigenvalue weighted by molar-refractivity contribution is -0.138. The SMILES string of the molecule is OCc1ncc(C(F)(F)F)cc1O. The normalized spacial score (nSPS) is 11.7. The van der Waals surface area contributed by atoms with Crippen LogP contribution in [0, 0.1) is 0 Å². The van der Waals surface area contributed by atoms with Gasteiger partial charge in [0.2, 0.25) is 0 Å². The second kappa shape index (κ2) is 3.21. The lowest BCUT2D eigenvalue weighted by Gasteiger charge is -2.07. The summed E-state index contributed by atoms with van der Waals surface area (Å²) < 4.78 is 36.0. The topological polar surface area (TPSA) is 53.4 Å². The molecule has 0 bridgehead atoms. The molecule has 0 saturated carbocycles. The third kappa shape index (κ3) is 2.09. The van der Waals surface area contributed by atoms with Gasteiger partial charge in [0, 0.05) is 6.20 Å². The van der Waals surface area contributed by atoms with Crippen molar-refractivity contribution in [2.45, 2.75) is 12.8 Å². The summed E-state index contributed by atoms with van der Waals surface area (Å²) in [5.74, 6) is -0.655. The molecule has 1 heterocycles. The average molecular weight is 193 g/mol. The second-order valence-corrected chi connectivity index (χ2v) is 2.35. The predicted octanol–water partition coefficient (Wildman–Crippen LogP) is 1.30. The Morgan fingerprint density at radius 3 is 2.38 bits per heavy atom. The van der Waals surface area contributed by atoms with Crippen LogP contribution in [-0.2, 0) is 12.8 Å². The van der Waals surface area contributed by atoms with Crippen LogP contribution in [0.5, 0.6) is 5.75 Å². The number of aromatic nitrogens is 1. The van der Waals surface area contributed by atoms with Crippen molar-refractivity contribution in [3.05, 3.63) is 23.5 Å². The number of halogens is 3. The minimum atomic E-state index is -4.53. The van der Waals surface area contributed by atoms with E-state index in [2.05, 4.69) is 4.98 Å². The Labute approximate surface area is 71.5 Å². The molecule has 0 aromatic carbocycles. The van der Waals surface area contributed by atoms with E-state index in [1.165, 1.54) is 0 Å². The summed E-state index contributed by atoms with van der Waals surface area (Å²) in [4.78, 5) is 3.24. The van der Waals surface area contributed by atoms with Crippen molar-refractivity contribution < 1.29 is 23.4 Å². The second-order valence-electron chi connectivity index (χ2n) is 2.35. The Balaban J connectivity index is 3.10. The van der Waals surface area contributed by atoms with Crippen molar-refractivity contribution in [2.24, 2.45) is 0 Å². The molecular formula is C7H6F3NO2. The van der Waals surface area contributed by atoms with Crippen LogP contribution in [0.15, 0.2) is 12.3 Å². The molecule has 0 aliphatic rings. The van der Waals surface area contributed by atoms with E-state index in [0.29, 0.717) is 12.3 Å². The van der Waals surface area contributed by atoms with Gasteiger partial charge in [0.05, 0.1) is 12.2 Å². The maximum absolute atomic E-state index is 12.0. The first-order valence-electron chi connectivity index (χ1n) is 3.31. The number of hydrogen-bond donors (Lipinski definition) is 2. The molecule has 0 saturated heterocycles. The molecule has 0 amide bonds. The molecule has 72 valence electrons. The van der Waals surface area contributed by atoms with Crippen molar-refractivity contribution in [2.75, 3.05) is 0 Å². The molecule has 0 unspecified atom stereocenters. The van der Waals surface area contributed by atoms with Crippen LogP contribution in [0.3, 0.4) is 0 Å². The van der Waals surface area contributed by atoms with Crippen LogP contribution in [0.4, 0.5) is 13.2 Å². The van der Waals surface area contributed by atoms with Crippen molar-refractivity contribution in [1.29, 1.82) is 0 Å². The third-order valence-electron chi connectivity index (χ3n) is 1.42. The maximum atomic E-state index is 12.0. The first kappa shape index (κ1) is 9.79. The minimum absolute atomic E-state index is 0.173. The first-order chi connectivity index (χ1) is 5.95. The minimum Gasteiger partial charge on any atom is -0.506 e. The molecule has 0 fully saturated rings. The fourth-order valence-corrected chi connectivity index (χ4v) is 0.758. The summed E-state index contributed by atoms with van der Waals surface area (Å²) in [5, 5.41) is 17.4. The highest BCUT2D eigenvalue weighted by molar-refractivity contribution is 5.30. The molecule has 0 aliphatic heterocycles. The third-order valence-corrected chi connectivity index (χ3v) is 1.42. The Morgan fingerprint density at radius 2 is 2.00 bits per heavy atom. The molecule has 6 heteroatoms. The van der Waals surface area contributed by atoms with Gasteiger partial charge in [0.25, 0.3) is 0 Å². The van der Waals surface area contributed by atoms with E-state index in [1.54, 1.807) is 0 Å². The molecule has 0 atom stereocenters. The fourth-order valence-electron chi connectivity index (χ4n) is 0.758. The molecule has 1 aromatic rings. The van der Waals surface area contributed by atoms with Crippen molar-refractivity contribution in [3.63, 3.8) is 0 Å². The number of hydrogen-bond acceptors (Lipinski definition) is 3. The van der Waals surface area contributed by atoms with Crippen LogP contribution in [0.2, 0.25) is 0 Å². The van der Waals surface area contributed by atoms with Gasteiger partial charge in [0.1, 0.15) is 11.4 Å². The quantitative estimate of drug-likeness (QED) is 0.706. The van der Waals surface area contributed by atoms with Gasteiger partial charge in [-0.3, -0.25) is 4.98 Å². The molecule has 13 heavy (non-hydrogen) atoms. The predicted molar refractivity (Wildman–Crippen MR) is 36.8 cm³/mol. The number of rotatable bonds is 1.